The number of rotatable bonds is 35. The fourth-order valence-corrected chi connectivity index (χ4v) is 5.89. The van der Waals surface area contributed by atoms with Gasteiger partial charge in [0.05, 0.1) is 34.4 Å². The van der Waals surface area contributed by atoms with E-state index in [1.165, 1.54) is 116 Å². The molecule has 0 rings (SSSR count). The number of carbonyl (C=O) groups is 3. The monoisotopic (exact) mass is 671 g/mol. The van der Waals surface area contributed by atoms with Crippen LogP contribution in [0.1, 0.15) is 181 Å². The number of quaternary nitrogens is 1. The molecule has 0 aromatic carbocycles. The molecule has 0 fully saturated rings. The number of unbranched alkanes of at least 4 members (excludes halogenated alkanes) is 21. The molecule has 2 atom stereocenters. The largest absolute Gasteiger partial charge is 0.477 e. The van der Waals surface area contributed by atoms with Crippen LogP contribution in [-0.4, -0.2) is 80.6 Å². The van der Waals surface area contributed by atoms with E-state index in [1.807, 2.05) is 28.1 Å². The quantitative estimate of drug-likeness (QED) is 0.0407. The molecular weight excluding hydrogens is 594 g/mol. The fourth-order valence-electron chi connectivity index (χ4n) is 5.89. The molecule has 0 saturated heterocycles. The first-order chi connectivity index (χ1) is 22.6. The molecule has 47 heavy (non-hydrogen) atoms. The van der Waals surface area contributed by atoms with E-state index in [0.717, 1.165) is 32.1 Å². The van der Waals surface area contributed by atoms with Crippen molar-refractivity contribution in [3.05, 3.63) is 0 Å². The average molecular weight is 671 g/mol. The standard InChI is InChI=1S/C39H75NO7/c1-6-8-10-11-12-13-14-15-16-17-18-19-20-21-22-23-24-25-26-27-28-30-38(42)47-35(34-46-37(41)29-9-7-2)33-45-32-31-36(39(43)44)40(3,4)5/h35-36H,6-34H2,1-5H3/p+1. The van der Waals surface area contributed by atoms with Gasteiger partial charge in [-0.15, -0.1) is 0 Å². The summed E-state index contributed by atoms with van der Waals surface area (Å²) in [6.45, 7) is 4.52. The van der Waals surface area contributed by atoms with Crippen molar-refractivity contribution < 1.29 is 38.2 Å². The fraction of sp³-hybridized carbons (Fsp3) is 0.923. The molecule has 1 N–H and O–H groups in total. The Morgan fingerprint density at radius 1 is 0.553 bits per heavy atom. The minimum Gasteiger partial charge on any atom is -0.477 e. The third-order valence-electron chi connectivity index (χ3n) is 9.01. The van der Waals surface area contributed by atoms with Gasteiger partial charge in [0.15, 0.2) is 12.1 Å². The van der Waals surface area contributed by atoms with E-state index in [9.17, 15) is 19.5 Å². The second kappa shape index (κ2) is 31.6. The first-order valence-corrected chi connectivity index (χ1v) is 19.6. The van der Waals surface area contributed by atoms with Gasteiger partial charge in [-0.05, 0) is 12.8 Å². The van der Waals surface area contributed by atoms with E-state index in [4.69, 9.17) is 14.2 Å². The summed E-state index contributed by atoms with van der Waals surface area (Å²) < 4.78 is 16.9. The molecule has 2 unspecified atom stereocenters. The van der Waals surface area contributed by atoms with E-state index in [2.05, 4.69) is 6.92 Å². The van der Waals surface area contributed by atoms with Gasteiger partial charge in [-0.1, -0.05) is 149 Å². The zero-order valence-electron chi connectivity index (χ0n) is 31.5. The highest BCUT2D eigenvalue weighted by Gasteiger charge is 2.31. The Morgan fingerprint density at radius 2 is 0.957 bits per heavy atom. The Kier molecular flexibility index (Phi) is 30.5. The van der Waals surface area contributed by atoms with E-state index >= 15 is 0 Å². The van der Waals surface area contributed by atoms with Crippen molar-refractivity contribution in [1.82, 2.24) is 0 Å². The molecule has 0 aliphatic carbocycles. The third-order valence-corrected chi connectivity index (χ3v) is 9.01. The highest BCUT2D eigenvalue weighted by molar-refractivity contribution is 5.72. The van der Waals surface area contributed by atoms with Crippen molar-refractivity contribution in [3.63, 3.8) is 0 Å². The Morgan fingerprint density at radius 3 is 1.36 bits per heavy atom. The summed E-state index contributed by atoms with van der Waals surface area (Å²) in [5, 5.41) is 9.51. The molecule has 0 bridgehead atoms. The average Bonchev–Trinajstić information content (AvgIpc) is 3.02. The van der Waals surface area contributed by atoms with Gasteiger partial charge in [-0.25, -0.2) is 4.79 Å². The zero-order valence-corrected chi connectivity index (χ0v) is 31.5. The van der Waals surface area contributed by atoms with Crippen molar-refractivity contribution in [2.24, 2.45) is 0 Å². The lowest BCUT2D eigenvalue weighted by atomic mass is 10.0. The number of nitrogens with zero attached hydrogens (tertiary/aromatic N) is 1. The highest BCUT2D eigenvalue weighted by atomic mass is 16.6. The molecule has 0 radical (unpaired) electrons. The molecular formula is C39H76NO7+. The number of carboxylic acid groups (broad SMARTS) is 1. The number of carboxylic acids is 1. The normalized spacial score (nSPS) is 13.0. The van der Waals surface area contributed by atoms with Crippen LogP contribution in [0.15, 0.2) is 0 Å². The van der Waals surface area contributed by atoms with Crippen LogP contribution >= 0.6 is 0 Å². The number of hydrogen-bond acceptors (Lipinski definition) is 6. The minimum absolute atomic E-state index is 0.0503. The van der Waals surface area contributed by atoms with Gasteiger partial charge < -0.3 is 23.8 Å². The highest BCUT2D eigenvalue weighted by Crippen LogP contribution is 2.16. The summed E-state index contributed by atoms with van der Waals surface area (Å²) in [7, 11) is 5.50. The third kappa shape index (κ3) is 30.1. The molecule has 8 heteroatoms. The summed E-state index contributed by atoms with van der Waals surface area (Å²) in [4.78, 5) is 36.1. The van der Waals surface area contributed by atoms with Crippen LogP contribution in [0, 0.1) is 0 Å². The van der Waals surface area contributed by atoms with E-state index in [1.54, 1.807) is 0 Å². The van der Waals surface area contributed by atoms with Gasteiger partial charge in [-0.2, -0.15) is 0 Å². The molecule has 0 saturated carbocycles. The van der Waals surface area contributed by atoms with Crippen LogP contribution in [0.25, 0.3) is 0 Å². The molecule has 0 aliphatic rings. The topological polar surface area (TPSA) is 99.1 Å². The smallest absolute Gasteiger partial charge is 0.362 e. The van der Waals surface area contributed by atoms with Crippen molar-refractivity contribution >= 4 is 17.9 Å². The van der Waals surface area contributed by atoms with Crippen molar-refractivity contribution in [3.8, 4) is 0 Å². The second-order valence-electron chi connectivity index (χ2n) is 14.6. The molecule has 0 spiro atoms. The summed E-state index contributed by atoms with van der Waals surface area (Å²) in [6.07, 6.45) is 29.7. The Bertz CT molecular complexity index is 752. The summed E-state index contributed by atoms with van der Waals surface area (Å²) >= 11 is 0. The maximum absolute atomic E-state index is 12.5. The van der Waals surface area contributed by atoms with Crippen LogP contribution in [0.2, 0.25) is 0 Å². The van der Waals surface area contributed by atoms with Gasteiger partial charge in [0.1, 0.15) is 6.61 Å². The second-order valence-corrected chi connectivity index (χ2v) is 14.6. The predicted octanol–water partition coefficient (Wildman–Crippen LogP) is 9.80. The van der Waals surface area contributed by atoms with Crippen molar-refractivity contribution in [2.45, 2.75) is 193 Å². The van der Waals surface area contributed by atoms with E-state index in [-0.39, 0.29) is 36.2 Å². The van der Waals surface area contributed by atoms with Gasteiger partial charge in [-0.3, -0.25) is 9.59 Å². The van der Waals surface area contributed by atoms with Gasteiger partial charge in [0.25, 0.3) is 0 Å². The van der Waals surface area contributed by atoms with Crippen LogP contribution < -0.4 is 0 Å². The first-order valence-electron chi connectivity index (χ1n) is 19.6. The Balaban J connectivity index is 3.95. The maximum atomic E-state index is 12.5. The lowest BCUT2D eigenvalue weighted by Gasteiger charge is -2.31. The molecule has 8 nitrogen and oxygen atoms in total. The molecule has 0 amide bonds. The van der Waals surface area contributed by atoms with Gasteiger partial charge >= 0.3 is 17.9 Å². The zero-order chi connectivity index (χ0) is 35.0. The van der Waals surface area contributed by atoms with Crippen molar-refractivity contribution in [2.75, 3.05) is 41.0 Å². The number of aliphatic carboxylic acids is 1. The summed E-state index contributed by atoms with van der Waals surface area (Å²) in [6, 6.07) is -0.605. The summed E-state index contributed by atoms with van der Waals surface area (Å²) in [5.74, 6) is -1.50. The number of likely N-dealkylation sites (N-methyl/N-ethyl adjacent to an activating group) is 1. The predicted molar refractivity (Wildman–Crippen MR) is 193 cm³/mol. The molecule has 0 aliphatic heterocycles. The number of esters is 2. The van der Waals surface area contributed by atoms with Crippen molar-refractivity contribution in [1.29, 1.82) is 0 Å². The summed E-state index contributed by atoms with van der Waals surface area (Å²) in [5.41, 5.74) is 0. The Labute approximate surface area is 289 Å². The van der Waals surface area contributed by atoms with E-state index in [0.29, 0.717) is 19.3 Å². The van der Waals surface area contributed by atoms with Gasteiger partial charge in [0.2, 0.25) is 0 Å². The lowest BCUT2D eigenvalue weighted by Crippen LogP contribution is -2.50. The lowest BCUT2D eigenvalue weighted by molar-refractivity contribution is -0.887. The SMILES string of the molecule is CCCCCCCCCCCCCCCCCCCCCCCC(=O)OC(COCCC(C(=O)O)[N+](C)(C)C)COC(=O)CCCC. The van der Waals surface area contributed by atoms with Crippen LogP contribution in [-0.2, 0) is 28.6 Å². The molecule has 0 aromatic heterocycles. The first kappa shape index (κ1) is 45.3. The Hall–Kier alpha value is -1.67. The molecule has 278 valence electrons. The number of hydrogen-bond donors (Lipinski definition) is 1. The van der Waals surface area contributed by atoms with Crippen LogP contribution in [0.4, 0.5) is 0 Å². The maximum Gasteiger partial charge on any atom is 0.362 e. The molecule has 0 heterocycles. The number of ether oxygens (including phenoxy) is 3. The van der Waals surface area contributed by atoms with Crippen LogP contribution in [0.3, 0.4) is 0 Å². The minimum atomic E-state index is -0.876. The number of carbonyl (C=O) groups excluding carboxylic acids is 2. The van der Waals surface area contributed by atoms with Gasteiger partial charge in [0, 0.05) is 19.3 Å². The molecule has 0 aromatic rings. The van der Waals surface area contributed by atoms with Crippen LogP contribution in [0.5, 0.6) is 0 Å². The van der Waals surface area contributed by atoms with E-state index < -0.39 is 18.1 Å².